The van der Waals surface area contributed by atoms with Crippen LogP contribution < -0.4 is 10.6 Å². The van der Waals surface area contributed by atoms with Crippen LogP contribution in [0.1, 0.15) is 37.5 Å². The predicted octanol–water partition coefficient (Wildman–Crippen LogP) is 5.16. The number of nitrogens with zero attached hydrogens (tertiary/aromatic N) is 4. The van der Waals surface area contributed by atoms with Crippen molar-refractivity contribution < 1.29 is 14.6 Å². The number of anilines is 1. The maximum absolute atomic E-state index is 13.4. The van der Waals surface area contributed by atoms with Crippen LogP contribution in [0.5, 0.6) is 0 Å². The van der Waals surface area contributed by atoms with Gasteiger partial charge >= 0.3 is 5.00 Å². The van der Waals surface area contributed by atoms with Crippen molar-refractivity contribution in [2.45, 2.75) is 32.6 Å². The summed E-state index contributed by atoms with van der Waals surface area (Å²) in [7, 11) is 0. The molecule has 0 saturated heterocycles. The van der Waals surface area contributed by atoms with Crippen LogP contribution in [0.4, 0.5) is 16.4 Å². The lowest BCUT2D eigenvalue weighted by Gasteiger charge is -2.43. The second kappa shape index (κ2) is 8.23. The number of carbonyl (C=O) groups is 1. The standard InChI is InChI=1S/C22H18ClN5O5S/c1-22(2)8-15-20(16(29)9-22)19(17-5-6-18(34-17)28(32)33)12(10-24)21(25)26(15)14-7-11(27(30)31)3-4-13(14)23/h3-7,19H,8-9,25H2,1-2H3/t19-/m0/s1. The van der Waals surface area contributed by atoms with Gasteiger partial charge in [-0.15, -0.1) is 0 Å². The van der Waals surface area contributed by atoms with Gasteiger partial charge in [0.2, 0.25) is 0 Å². The van der Waals surface area contributed by atoms with Crippen molar-refractivity contribution in [2.75, 3.05) is 4.90 Å². The largest absolute Gasteiger partial charge is 0.384 e. The lowest BCUT2D eigenvalue weighted by molar-refractivity contribution is -0.384. The first-order chi connectivity index (χ1) is 15.9. The van der Waals surface area contributed by atoms with Gasteiger partial charge in [0.25, 0.3) is 5.69 Å². The molecule has 2 aliphatic rings. The maximum Gasteiger partial charge on any atom is 0.324 e. The number of nitrogens with two attached hydrogens (primary N) is 1. The number of nitro benzene ring substituents is 1. The molecule has 2 heterocycles. The normalized spacial score (nSPS) is 19.6. The number of hydrogen-bond donors (Lipinski definition) is 1. The van der Waals surface area contributed by atoms with Gasteiger partial charge in [-0.05, 0) is 24.0 Å². The summed E-state index contributed by atoms with van der Waals surface area (Å²) >= 11 is 7.29. The van der Waals surface area contributed by atoms with Crippen LogP contribution in [0.25, 0.3) is 0 Å². The minimum absolute atomic E-state index is 0.0196. The molecule has 0 spiro atoms. The van der Waals surface area contributed by atoms with Crippen LogP contribution in [0, 0.1) is 37.0 Å². The van der Waals surface area contributed by atoms with Crippen LogP contribution >= 0.6 is 22.9 Å². The highest BCUT2D eigenvalue weighted by atomic mass is 35.5. The Morgan fingerprint density at radius 2 is 1.91 bits per heavy atom. The molecule has 1 aromatic heterocycles. The minimum Gasteiger partial charge on any atom is -0.384 e. The highest BCUT2D eigenvalue weighted by Gasteiger charge is 2.45. The molecule has 12 heteroatoms. The van der Waals surface area contributed by atoms with Gasteiger partial charge in [-0.2, -0.15) is 5.26 Å². The molecule has 1 atom stereocenters. The Labute approximate surface area is 202 Å². The number of nitriles is 1. The molecule has 1 aliphatic carbocycles. The molecule has 0 amide bonds. The summed E-state index contributed by atoms with van der Waals surface area (Å²) in [5.74, 6) is -1.13. The zero-order chi connectivity index (χ0) is 24.9. The van der Waals surface area contributed by atoms with Gasteiger partial charge in [-0.25, -0.2) is 0 Å². The lowest BCUT2D eigenvalue weighted by Crippen LogP contribution is -2.42. The summed E-state index contributed by atoms with van der Waals surface area (Å²) in [6.07, 6.45) is 0.571. The van der Waals surface area contributed by atoms with Crippen molar-refractivity contribution in [3.8, 4) is 6.07 Å². The molecule has 1 aliphatic heterocycles. The fourth-order valence-electron chi connectivity index (χ4n) is 4.45. The summed E-state index contributed by atoms with van der Waals surface area (Å²) in [6, 6.07) is 8.76. The molecular formula is C22H18ClN5O5S. The van der Waals surface area contributed by atoms with Crippen molar-refractivity contribution in [2.24, 2.45) is 11.1 Å². The van der Waals surface area contributed by atoms with E-state index in [1.165, 1.54) is 35.2 Å². The number of Topliss-reactive ketones (excluding diaryl/α,β-unsaturated/α-hetero) is 1. The zero-order valence-electron chi connectivity index (χ0n) is 18.1. The molecule has 34 heavy (non-hydrogen) atoms. The van der Waals surface area contributed by atoms with Crippen molar-refractivity contribution in [1.82, 2.24) is 0 Å². The lowest BCUT2D eigenvalue weighted by atomic mass is 9.69. The third kappa shape index (κ3) is 3.81. The number of halogens is 1. The van der Waals surface area contributed by atoms with Crippen LogP contribution in [0.3, 0.4) is 0 Å². The van der Waals surface area contributed by atoms with Crippen LogP contribution in [0.2, 0.25) is 5.02 Å². The van der Waals surface area contributed by atoms with Crippen molar-refractivity contribution in [3.05, 3.63) is 83.1 Å². The highest BCUT2D eigenvalue weighted by Crippen LogP contribution is 2.52. The summed E-state index contributed by atoms with van der Waals surface area (Å²) in [5.41, 5.74) is 6.75. The van der Waals surface area contributed by atoms with E-state index in [1.54, 1.807) is 0 Å². The molecule has 0 bridgehead atoms. The number of carbonyl (C=O) groups excluding carboxylic acids is 1. The summed E-state index contributed by atoms with van der Waals surface area (Å²) in [6.45, 7) is 3.82. The van der Waals surface area contributed by atoms with E-state index in [0.29, 0.717) is 22.6 Å². The van der Waals surface area contributed by atoms with E-state index in [4.69, 9.17) is 17.3 Å². The van der Waals surface area contributed by atoms with E-state index < -0.39 is 21.2 Å². The Balaban J connectivity index is 2.02. The smallest absolute Gasteiger partial charge is 0.324 e. The van der Waals surface area contributed by atoms with Gasteiger partial charge in [-0.3, -0.25) is 29.9 Å². The van der Waals surface area contributed by atoms with Crippen molar-refractivity contribution in [1.29, 1.82) is 5.26 Å². The predicted molar refractivity (Wildman–Crippen MR) is 126 cm³/mol. The van der Waals surface area contributed by atoms with E-state index >= 15 is 0 Å². The Hall–Kier alpha value is -3.75. The van der Waals surface area contributed by atoms with E-state index in [0.717, 1.165) is 11.3 Å². The summed E-state index contributed by atoms with van der Waals surface area (Å²) < 4.78 is 0. The molecule has 174 valence electrons. The van der Waals surface area contributed by atoms with Crippen LogP contribution in [-0.4, -0.2) is 15.6 Å². The number of allylic oxidation sites excluding steroid dienone is 3. The number of benzene rings is 1. The molecule has 0 saturated carbocycles. The molecule has 0 fully saturated rings. The molecule has 0 unspecified atom stereocenters. The van der Waals surface area contributed by atoms with Crippen molar-refractivity contribution >= 4 is 45.1 Å². The van der Waals surface area contributed by atoms with Gasteiger partial charge in [0.05, 0.1) is 38.1 Å². The maximum atomic E-state index is 13.4. The first-order valence-electron chi connectivity index (χ1n) is 10.1. The molecule has 2 N–H and O–H groups in total. The van der Waals surface area contributed by atoms with Gasteiger partial charge < -0.3 is 5.73 Å². The number of thiophene rings is 1. The fraction of sp³-hybridized carbons (Fsp3) is 0.273. The van der Waals surface area contributed by atoms with E-state index in [9.17, 15) is 30.3 Å². The minimum atomic E-state index is -0.879. The topological polar surface area (TPSA) is 156 Å². The number of rotatable bonds is 4. The van der Waals surface area contributed by atoms with Gasteiger partial charge in [0, 0.05) is 40.8 Å². The second-order valence-electron chi connectivity index (χ2n) is 8.81. The van der Waals surface area contributed by atoms with E-state index in [2.05, 4.69) is 6.07 Å². The van der Waals surface area contributed by atoms with E-state index in [-0.39, 0.29) is 45.0 Å². The SMILES string of the molecule is CC1(C)CC(=O)C2=C(C1)N(c1cc([N+](=O)[O-])ccc1Cl)C(N)=C(C#N)[C@H]2c1ccc([N+](=O)[O-])s1. The van der Waals surface area contributed by atoms with E-state index in [1.807, 2.05) is 13.8 Å². The average molecular weight is 500 g/mol. The Morgan fingerprint density at radius 1 is 1.21 bits per heavy atom. The quantitative estimate of drug-likeness (QED) is 0.446. The Bertz CT molecular complexity index is 1370. The zero-order valence-corrected chi connectivity index (χ0v) is 19.6. The molecule has 2 aromatic rings. The fourth-order valence-corrected chi connectivity index (χ4v) is 5.59. The molecule has 10 nitrogen and oxygen atoms in total. The number of non-ortho nitro benzene ring substituents is 1. The monoisotopic (exact) mass is 499 g/mol. The summed E-state index contributed by atoms with van der Waals surface area (Å²) in [5, 5.41) is 32.7. The molecular weight excluding hydrogens is 482 g/mol. The summed E-state index contributed by atoms with van der Waals surface area (Å²) in [4.78, 5) is 36.9. The first-order valence-corrected chi connectivity index (χ1v) is 11.3. The third-order valence-electron chi connectivity index (χ3n) is 5.84. The van der Waals surface area contributed by atoms with Crippen LogP contribution in [0.15, 0.2) is 53.0 Å². The van der Waals surface area contributed by atoms with Gasteiger partial charge in [0.15, 0.2) is 5.78 Å². The molecule has 4 rings (SSSR count). The molecule has 1 aromatic carbocycles. The number of ketones is 1. The average Bonchev–Trinajstić information content (AvgIpc) is 3.23. The molecule has 0 radical (unpaired) electrons. The second-order valence-corrected chi connectivity index (χ2v) is 10.3. The van der Waals surface area contributed by atoms with Crippen molar-refractivity contribution in [3.63, 3.8) is 0 Å². The first kappa shape index (κ1) is 23.4. The highest BCUT2D eigenvalue weighted by molar-refractivity contribution is 7.15. The van der Waals surface area contributed by atoms with Crippen LogP contribution in [-0.2, 0) is 4.79 Å². The van der Waals surface area contributed by atoms with Gasteiger partial charge in [-0.1, -0.05) is 36.8 Å². The van der Waals surface area contributed by atoms with Gasteiger partial charge in [0.1, 0.15) is 5.82 Å². The Kier molecular flexibility index (Phi) is 5.67. The number of nitro groups is 2. The number of hydrogen-bond acceptors (Lipinski definition) is 9. The third-order valence-corrected chi connectivity index (χ3v) is 7.26. The Morgan fingerprint density at radius 3 is 2.50 bits per heavy atom.